The highest BCUT2D eigenvalue weighted by Crippen LogP contribution is 2.34. The maximum atomic E-state index is 12.3. The first-order chi connectivity index (χ1) is 11.9. The average molecular weight is 345 g/mol. The molecule has 25 heavy (non-hydrogen) atoms. The number of hydrogen-bond donors (Lipinski definition) is 0. The van der Waals surface area contributed by atoms with Gasteiger partial charge >= 0.3 is 6.09 Å². The van der Waals surface area contributed by atoms with E-state index in [-0.39, 0.29) is 23.1 Å². The highest BCUT2D eigenvalue weighted by atomic mass is 16.6. The molecule has 134 valence electrons. The summed E-state index contributed by atoms with van der Waals surface area (Å²) in [4.78, 5) is 43.5. The number of likely N-dealkylation sites (tertiary alicyclic amines) is 1. The SMILES string of the molecule is CC1(C)CC(=O)N(c2ccc(OC(=O)N3CCCCC3)nc2)C(=O)C1. The molecule has 0 aromatic carbocycles. The zero-order chi connectivity index (χ0) is 18.0. The highest BCUT2D eigenvalue weighted by Gasteiger charge is 2.38. The van der Waals surface area contributed by atoms with Gasteiger partial charge < -0.3 is 9.64 Å². The van der Waals surface area contributed by atoms with Crippen molar-refractivity contribution in [3.63, 3.8) is 0 Å². The minimum atomic E-state index is -0.410. The predicted octanol–water partition coefficient (Wildman–Crippen LogP) is 2.75. The van der Waals surface area contributed by atoms with Crippen molar-refractivity contribution in [3.8, 4) is 5.88 Å². The van der Waals surface area contributed by atoms with Gasteiger partial charge in [0.05, 0.1) is 11.9 Å². The van der Waals surface area contributed by atoms with Crippen molar-refractivity contribution < 1.29 is 19.1 Å². The van der Waals surface area contributed by atoms with Crippen molar-refractivity contribution in [1.82, 2.24) is 9.88 Å². The number of pyridine rings is 1. The molecule has 0 atom stereocenters. The monoisotopic (exact) mass is 345 g/mol. The van der Waals surface area contributed by atoms with Crippen molar-refractivity contribution in [2.24, 2.45) is 5.41 Å². The first-order valence-electron chi connectivity index (χ1n) is 8.64. The Kier molecular flexibility index (Phi) is 4.74. The Morgan fingerprint density at radius 2 is 1.72 bits per heavy atom. The van der Waals surface area contributed by atoms with Crippen molar-refractivity contribution in [2.75, 3.05) is 18.0 Å². The molecule has 0 radical (unpaired) electrons. The third-order valence-electron chi connectivity index (χ3n) is 4.54. The molecule has 3 amide bonds. The summed E-state index contributed by atoms with van der Waals surface area (Å²) >= 11 is 0. The van der Waals surface area contributed by atoms with Gasteiger partial charge in [0.1, 0.15) is 0 Å². The summed E-state index contributed by atoms with van der Waals surface area (Å²) in [6.07, 6.45) is 4.70. The maximum Gasteiger partial charge on any atom is 0.416 e. The number of hydrogen-bond acceptors (Lipinski definition) is 5. The topological polar surface area (TPSA) is 79.8 Å². The quantitative estimate of drug-likeness (QED) is 0.770. The number of carbonyl (C=O) groups excluding carboxylic acids is 3. The second kappa shape index (κ2) is 6.82. The van der Waals surface area contributed by atoms with Gasteiger partial charge in [0.15, 0.2) is 0 Å². The highest BCUT2D eigenvalue weighted by molar-refractivity contribution is 6.16. The van der Waals surface area contributed by atoms with Crippen LogP contribution in [-0.4, -0.2) is 40.9 Å². The lowest BCUT2D eigenvalue weighted by Gasteiger charge is -2.34. The van der Waals surface area contributed by atoms with Gasteiger partial charge in [0.2, 0.25) is 17.7 Å². The molecule has 2 fully saturated rings. The van der Waals surface area contributed by atoms with Crippen LogP contribution in [-0.2, 0) is 9.59 Å². The number of ether oxygens (including phenoxy) is 1. The minimum Gasteiger partial charge on any atom is -0.391 e. The Bertz CT molecular complexity index is 658. The minimum absolute atomic E-state index is 0.163. The molecule has 1 aromatic rings. The molecule has 3 rings (SSSR count). The third-order valence-corrected chi connectivity index (χ3v) is 4.54. The Balaban J connectivity index is 1.67. The second-order valence-corrected chi connectivity index (χ2v) is 7.41. The number of anilines is 1. The Morgan fingerprint density at radius 3 is 2.28 bits per heavy atom. The van der Waals surface area contributed by atoms with Gasteiger partial charge in [-0.15, -0.1) is 0 Å². The van der Waals surface area contributed by atoms with E-state index in [9.17, 15) is 14.4 Å². The lowest BCUT2D eigenvalue weighted by Crippen LogP contribution is -2.46. The predicted molar refractivity (Wildman–Crippen MR) is 91.2 cm³/mol. The van der Waals surface area contributed by atoms with E-state index in [0.29, 0.717) is 31.6 Å². The Labute approximate surface area is 147 Å². The van der Waals surface area contributed by atoms with Crippen LogP contribution in [0.25, 0.3) is 0 Å². The van der Waals surface area contributed by atoms with Gasteiger partial charge in [0.25, 0.3) is 0 Å². The fraction of sp³-hybridized carbons (Fsp3) is 0.556. The summed E-state index contributed by atoms with van der Waals surface area (Å²) in [5.74, 6) is -0.307. The molecule has 0 N–H and O–H groups in total. The summed E-state index contributed by atoms with van der Waals surface area (Å²) in [7, 11) is 0. The Hall–Kier alpha value is -2.44. The van der Waals surface area contributed by atoms with Crippen LogP contribution in [0, 0.1) is 5.41 Å². The second-order valence-electron chi connectivity index (χ2n) is 7.41. The number of imide groups is 1. The van der Waals surface area contributed by atoms with Gasteiger partial charge in [0, 0.05) is 32.0 Å². The maximum absolute atomic E-state index is 12.3. The zero-order valence-corrected chi connectivity index (χ0v) is 14.7. The molecule has 7 heteroatoms. The molecular formula is C18H23N3O4. The lowest BCUT2D eigenvalue weighted by molar-refractivity contribution is -0.132. The van der Waals surface area contributed by atoms with Gasteiger partial charge in [-0.1, -0.05) is 13.8 Å². The summed E-state index contributed by atoms with van der Waals surface area (Å²) < 4.78 is 5.27. The van der Waals surface area contributed by atoms with Crippen molar-refractivity contribution in [3.05, 3.63) is 18.3 Å². The van der Waals surface area contributed by atoms with Gasteiger partial charge in [-0.25, -0.2) is 14.7 Å². The summed E-state index contributed by atoms with van der Waals surface area (Å²) in [6.45, 7) is 5.20. The largest absolute Gasteiger partial charge is 0.416 e. The number of rotatable bonds is 2. The van der Waals surface area contributed by atoms with E-state index in [2.05, 4.69) is 4.98 Å². The smallest absolute Gasteiger partial charge is 0.391 e. The first kappa shape index (κ1) is 17.4. The summed E-state index contributed by atoms with van der Waals surface area (Å²) in [5, 5.41) is 0. The standard InChI is InChI=1S/C18H23N3O4/c1-18(2)10-15(22)21(16(23)11-18)13-6-7-14(19-12-13)25-17(24)20-8-4-3-5-9-20/h6-7,12H,3-5,8-11H2,1-2H3. The van der Waals surface area contributed by atoms with Crippen LogP contribution in [0.5, 0.6) is 5.88 Å². The van der Waals surface area contributed by atoms with Gasteiger partial charge in [-0.3, -0.25) is 9.59 Å². The molecule has 0 unspecified atom stereocenters. The molecule has 0 aliphatic carbocycles. The Morgan fingerprint density at radius 1 is 1.08 bits per heavy atom. The van der Waals surface area contributed by atoms with E-state index >= 15 is 0 Å². The average Bonchev–Trinajstić information content (AvgIpc) is 2.55. The van der Waals surface area contributed by atoms with E-state index < -0.39 is 6.09 Å². The van der Waals surface area contributed by atoms with E-state index in [4.69, 9.17) is 4.74 Å². The number of carbonyl (C=O) groups is 3. The molecular weight excluding hydrogens is 322 g/mol. The molecule has 2 aliphatic rings. The number of nitrogens with zero attached hydrogens (tertiary/aromatic N) is 3. The molecule has 2 saturated heterocycles. The molecule has 0 bridgehead atoms. The molecule has 3 heterocycles. The normalized spacial score (nSPS) is 20.6. The molecule has 0 saturated carbocycles. The van der Waals surface area contributed by atoms with Crippen LogP contribution < -0.4 is 9.64 Å². The van der Waals surface area contributed by atoms with Crippen LogP contribution in [0.4, 0.5) is 10.5 Å². The van der Waals surface area contributed by atoms with Crippen LogP contribution in [0.3, 0.4) is 0 Å². The number of piperidine rings is 2. The zero-order valence-electron chi connectivity index (χ0n) is 14.7. The fourth-order valence-electron chi connectivity index (χ4n) is 3.26. The molecule has 1 aromatic heterocycles. The van der Waals surface area contributed by atoms with Crippen molar-refractivity contribution in [2.45, 2.75) is 46.0 Å². The van der Waals surface area contributed by atoms with E-state index in [0.717, 1.165) is 24.2 Å². The molecule has 7 nitrogen and oxygen atoms in total. The van der Waals surface area contributed by atoms with Crippen molar-refractivity contribution >= 4 is 23.6 Å². The molecule has 0 spiro atoms. The van der Waals surface area contributed by atoms with E-state index in [1.807, 2.05) is 13.8 Å². The van der Waals surface area contributed by atoms with Crippen LogP contribution in [0.15, 0.2) is 18.3 Å². The fourth-order valence-corrected chi connectivity index (χ4v) is 3.26. The van der Waals surface area contributed by atoms with Gasteiger partial charge in [-0.05, 0) is 30.7 Å². The summed E-state index contributed by atoms with van der Waals surface area (Å²) in [6, 6.07) is 3.09. The first-order valence-corrected chi connectivity index (χ1v) is 8.64. The third kappa shape index (κ3) is 3.97. The van der Waals surface area contributed by atoms with Crippen LogP contribution in [0.2, 0.25) is 0 Å². The number of aromatic nitrogens is 1. The molecule has 2 aliphatic heterocycles. The van der Waals surface area contributed by atoms with E-state index in [1.165, 1.54) is 12.3 Å². The lowest BCUT2D eigenvalue weighted by atomic mass is 9.81. The van der Waals surface area contributed by atoms with Gasteiger partial charge in [-0.2, -0.15) is 0 Å². The number of amides is 3. The van der Waals surface area contributed by atoms with E-state index in [1.54, 1.807) is 11.0 Å². The summed E-state index contributed by atoms with van der Waals surface area (Å²) in [5.41, 5.74) is 0.0884. The van der Waals surface area contributed by atoms with Crippen LogP contribution >= 0.6 is 0 Å². The van der Waals surface area contributed by atoms with Crippen molar-refractivity contribution in [1.29, 1.82) is 0 Å². The van der Waals surface area contributed by atoms with Crippen LogP contribution in [0.1, 0.15) is 46.0 Å².